The fourth-order valence-corrected chi connectivity index (χ4v) is 6.89. The van der Waals surface area contributed by atoms with Crippen molar-refractivity contribution >= 4 is 23.7 Å². The smallest absolute Gasteiger partial charge is 0.490 e. The molecule has 2 aromatic carbocycles. The summed E-state index contributed by atoms with van der Waals surface area (Å²) in [6.07, 6.45) is -4.23. The van der Waals surface area contributed by atoms with Crippen LogP contribution in [0, 0.1) is 11.6 Å². The van der Waals surface area contributed by atoms with Gasteiger partial charge in [-0.05, 0) is 95.0 Å². The second-order valence-corrected chi connectivity index (χ2v) is 12.6. The zero-order valence-corrected chi connectivity index (χ0v) is 28.4. The van der Waals surface area contributed by atoms with Crippen molar-refractivity contribution in [3.05, 3.63) is 53.6 Å². The Hall–Kier alpha value is -4.39. The normalized spacial score (nSPS) is 22.4. The Morgan fingerprint density at radius 2 is 1.38 bits per heavy atom. The minimum absolute atomic E-state index is 0.0228. The number of hydrogen-bond donors (Lipinski definition) is 4. The third-order valence-electron chi connectivity index (χ3n) is 9.41. The maximum absolute atomic E-state index is 13.6. The van der Waals surface area contributed by atoms with Gasteiger partial charge in [-0.3, -0.25) is 4.90 Å². The number of halogens is 8. The number of aliphatic carboxylic acids is 2. The molecule has 2 heterocycles. The number of ether oxygens (including phenoxy) is 2. The number of amides is 2. The van der Waals surface area contributed by atoms with E-state index in [9.17, 15) is 39.9 Å². The molecule has 3 aliphatic rings. The molecule has 52 heavy (non-hydrogen) atoms. The molecule has 0 bridgehead atoms. The maximum atomic E-state index is 13.6. The van der Waals surface area contributed by atoms with E-state index in [4.69, 9.17) is 29.3 Å². The van der Waals surface area contributed by atoms with Crippen molar-refractivity contribution in [3.63, 3.8) is 0 Å². The van der Waals surface area contributed by atoms with Crippen molar-refractivity contribution in [1.82, 2.24) is 15.1 Å². The standard InChI is InChI=1S/C29H38F2N4O3.2C2HF3O2/c1-34-13-9-22(10-14-34)35-15-12-29(19-4-7-25(37-2)26(16-19)38-3)11-8-21(18-27(29)35)33-28(36)32-20-5-6-23(30)24(31)17-20;2*3-2(4,5)1(6)7/h4-7,16-17,21-22,27H,8-15,18H2,1-3H3,(H2,32,33,36);2*(H,6,7)/t21-,27+,29+;;/m1../s1. The zero-order valence-electron chi connectivity index (χ0n) is 28.4. The van der Waals surface area contributed by atoms with Crippen molar-refractivity contribution in [1.29, 1.82) is 0 Å². The number of carboxylic acid groups (broad SMARTS) is 2. The number of fused-ring (bicyclic) bond motifs is 1. The molecular weight excluding hydrogens is 716 g/mol. The van der Waals surface area contributed by atoms with Crippen LogP contribution < -0.4 is 20.1 Å². The van der Waals surface area contributed by atoms with Gasteiger partial charge in [0.1, 0.15) is 0 Å². The SMILES string of the molecule is COc1ccc([C@@]23CC[C@@H](NC(=O)Nc4ccc(F)c(F)c4)C[C@@H]2N(C2CCN(C)CC2)CC3)cc1OC.O=C(O)C(F)(F)F.O=C(O)C(F)(F)F. The van der Waals surface area contributed by atoms with Crippen molar-refractivity contribution < 1.29 is 69.2 Å². The van der Waals surface area contributed by atoms with Crippen molar-refractivity contribution in [2.24, 2.45) is 0 Å². The first kappa shape index (κ1) is 42.0. The van der Waals surface area contributed by atoms with Gasteiger partial charge in [-0.1, -0.05) is 6.07 Å². The van der Waals surface area contributed by atoms with Crippen molar-refractivity contribution in [2.45, 2.75) is 74.4 Å². The summed E-state index contributed by atoms with van der Waals surface area (Å²) in [7, 11) is 5.50. The van der Waals surface area contributed by atoms with Crippen LogP contribution in [0.4, 0.5) is 45.6 Å². The Bertz CT molecular complexity index is 1530. The number of piperidine rings is 1. The van der Waals surface area contributed by atoms with Gasteiger partial charge in [0.05, 0.1) is 14.2 Å². The van der Waals surface area contributed by atoms with E-state index in [1.54, 1.807) is 14.2 Å². The van der Waals surface area contributed by atoms with E-state index in [1.165, 1.54) is 11.6 Å². The quantitative estimate of drug-likeness (QED) is 0.260. The highest BCUT2D eigenvalue weighted by Gasteiger charge is 2.53. The highest BCUT2D eigenvalue weighted by molar-refractivity contribution is 5.89. The Labute approximate surface area is 293 Å². The summed E-state index contributed by atoms with van der Waals surface area (Å²) < 4.78 is 102. The van der Waals surface area contributed by atoms with Gasteiger partial charge in [0, 0.05) is 35.3 Å². The van der Waals surface area contributed by atoms with E-state index >= 15 is 0 Å². The minimum Gasteiger partial charge on any atom is -0.493 e. The summed E-state index contributed by atoms with van der Waals surface area (Å²) in [6.45, 7) is 3.21. The van der Waals surface area contributed by atoms with E-state index in [0.717, 1.165) is 81.8 Å². The Balaban J connectivity index is 0.000000441. The summed E-state index contributed by atoms with van der Waals surface area (Å²) in [5.41, 5.74) is 1.46. The molecule has 2 amide bonds. The van der Waals surface area contributed by atoms with Crippen LogP contribution in [-0.4, -0.2) is 109 Å². The molecule has 5 rings (SSSR count). The lowest BCUT2D eigenvalue weighted by Crippen LogP contribution is -2.56. The predicted molar refractivity (Wildman–Crippen MR) is 170 cm³/mol. The average molecular weight is 757 g/mol. The number of anilines is 1. The zero-order chi connectivity index (χ0) is 39.0. The highest BCUT2D eigenvalue weighted by Crippen LogP contribution is 2.51. The number of likely N-dealkylation sites (tertiary alicyclic amines) is 2. The van der Waals surface area contributed by atoms with E-state index in [-0.39, 0.29) is 23.2 Å². The summed E-state index contributed by atoms with van der Waals surface area (Å²) in [5.74, 6) is -5.98. The summed E-state index contributed by atoms with van der Waals surface area (Å²) >= 11 is 0. The molecule has 4 N–H and O–H groups in total. The number of rotatable bonds is 6. The van der Waals surface area contributed by atoms with E-state index in [2.05, 4.69) is 39.6 Å². The van der Waals surface area contributed by atoms with Crippen LogP contribution in [0.3, 0.4) is 0 Å². The van der Waals surface area contributed by atoms with Gasteiger partial charge in [-0.15, -0.1) is 0 Å². The third-order valence-corrected chi connectivity index (χ3v) is 9.41. The second-order valence-electron chi connectivity index (χ2n) is 12.6. The summed E-state index contributed by atoms with van der Waals surface area (Å²) in [4.78, 5) is 35.7. The van der Waals surface area contributed by atoms with Gasteiger partial charge in [0.2, 0.25) is 0 Å². The minimum atomic E-state index is -5.08. The van der Waals surface area contributed by atoms with Gasteiger partial charge >= 0.3 is 30.3 Å². The van der Waals surface area contributed by atoms with Gasteiger partial charge in [-0.2, -0.15) is 26.3 Å². The Morgan fingerprint density at radius 1 is 0.808 bits per heavy atom. The molecule has 11 nitrogen and oxygen atoms in total. The molecular formula is C33H40F8N4O7. The summed E-state index contributed by atoms with van der Waals surface area (Å²) in [6, 6.07) is 10.1. The third kappa shape index (κ3) is 10.8. The number of methoxy groups -OCH3 is 2. The Kier molecular flexibility index (Phi) is 14.1. The molecule has 1 saturated carbocycles. The highest BCUT2D eigenvalue weighted by atomic mass is 19.4. The maximum Gasteiger partial charge on any atom is 0.490 e. The molecule has 0 radical (unpaired) electrons. The monoisotopic (exact) mass is 756 g/mol. The first-order valence-corrected chi connectivity index (χ1v) is 16.0. The first-order valence-electron chi connectivity index (χ1n) is 16.0. The van der Waals surface area contributed by atoms with Crippen LogP contribution in [0.25, 0.3) is 0 Å². The number of benzene rings is 2. The van der Waals surface area contributed by atoms with E-state index < -0.39 is 42.0 Å². The van der Waals surface area contributed by atoms with E-state index in [0.29, 0.717) is 6.04 Å². The second kappa shape index (κ2) is 17.4. The van der Waals surface area contributed by atoms with Crippen LogP contribution in [-0.2, 0) is 15.0 Å². The number of hydrogen-bond acceptors (Lipinski definition) is 7. The molecule has 19 heteroatoms. The number of alkyl halides is 6. The van der Waals surface area contributed by atoms with Crippen LogP contribution in [0.2, 0.25) is 0 Å². The first-order chi connectivity index (χ1) is 24.2. The molecule has 3 fully saturated rings. The molecule has 2 saturated heterocycles. The molecule has 290 valence electrons. The Morgan fingerprint density at radius 3 is 1.90 bits per heavy atom. The lowest BCUT2D eigenvalue weighted by molar-refractivity contribution is -0.193. The fourth-order valence-electron chi connectivity index (χ4n) is 6.89. The molecule has 0 aromatic heterocycles. The number of nitrogens with one attached hydrogen (secondary N) is 2. The molecule has 2 aromatic rings. The average Bonchev–Trinajstić information content (AvgIpc) is 3.46. The topological polar surface area (TPSA) is 141 Å². The number of carbonyl (C=O) groups excluding carboxylic acids is 1. The van der Waals surface area contributed by atoms with Gasteiger partial charge < -0.3 is 35.2 Å². The number of nitrogens with zero attached hydrogens (tertiary/aromatic N) is 2. The number of carboxylic acids is 2. The lowest BCUT2D eigenvalue weighted by Gasteiger charge is -2.48. The van der Waals surface area contributed by atoms with Crippen LogP contribution in [0.15, 0.2) is 36.4 Å². The van der Waals surface area contributed by atoms with Gasteiger partial charge in [0.15, 0.2) is 23.1 Å². The van der Waals surface area contributed by atoms with Crippen LogP contribution >= 0.6 is 0 Å². The molecule has 0 unspecified atom stereocenters. The predicted octanol–water partition coefficient (Wildman–Crippen LogP) is 6.03. The van der Waals surface area contributed by atoms with Gasteiger partial charge in [-0.25, -0.2) is 23.2 Å². The molecule has 3 atom stereocenters. The lowest BCUT2D eigenvalue weighted by atomic mass is 9.65. The van der Waals surface area contributed by atoms with Crippen molar-refractivity contribution in [3.8, 4) is 11.5 Å². The van der Waals surface area contributed by atoms with Crippen LogP contribution in [0.5, 0.6) is 11.5 Å². The number of urea groups is 1. The molecule has 1 aliphatic carbocycles. The van der Waals surface area contributed by atoms with Crippen LogP contribution in [0.1, 0.15) is 44.1 Å². The fraction of sp³-hybridized carbons (Fsp3) is 0.545. The summed E-state index contributed by atoms with van der Waals surface area (Å²) in [5, 5.41) is 20.0. The van der Waals surface area contributed by atoms with E-state index in [1.807, 2.05) is 6.07 Å². The van der Waals surface area contributed by atoms with Crippen molar-refractivity contribution in [2.75, 3.05) is 46.2 Å². The molecule has 0 spiro atoms. The van der Waals surface area contributed by atoms with Gasteiger partial charge in [0.25, 0.3) is 0 Å². The molecule has 2 aliphatic heterocycles. The largest absolute Gasteiger partial charge is 0.493 e. The number of carbonyl (C=O) groups is 3.